The molecule has 5 heterocycles. The van der Waals surface area contributed by atoms with Crippen molar-refractivity contribution in [2.75, 3.05) is 13.1 Å². The summed E-state index contributed by atoms with van der Waals surface area (Å²) in [6.45, 7) is 1.91. The van der Waals surface area contributed by atoms with Gasteiger partial charge in [0.2, 0.25) is 0 Å². The van der Waals surface area contributed by atoms with Crippen LogP contribution in [-0.2, 0) is 12.0 Å². The van der Waals surface area contributed by atoms with Crippen LogP contribution in [0.1, 0.15) is 29.5 Å². The maximum atomic E-state index is 12.1. The van der Waals surface area contributed by atoms with Crippen LogP contribution < -0.4 is 0 Å². The molecule has 0 amide bonds. The highest BCUT2D eigenvalue weighted by Crippen LogP contribution is 2.48. The van der Waals surface area contributed by atoms with Crippen LogP contribution in [-0.4, -0.2) is 39.1 Å². The third-order valence-electron chi connectivity index (χ3n) is 6.73. The molecule has 3 aromatic rings. The molecule has 0 spiro atoms. The molecular weight excluding hydrogens is 370 g/mol. The summed E-state index contributed by atoms with van der Waals surface area (Å²) in [4.78, 5) is 11.1. The average Bonchev–Trinajstić information content (AvgIpc) is 2.81. The van der Waals surface area contributed by atoms with Crippen LogP contribution in [0.15, 0.2) is 67.1 Å². The molecule has 3 saturated heterocycles. The number of piperidine rings is 3. The first-order chi connectivity index (χ1) is 14.7. The molecule has 2 unspecified atom stereocenters. The van der Waals surface area contributed by atoms with Gasteiger partial charge in [0.15, 0.2) is 0 Å². The van der Waals surface area contributed by atoms with Crippen LogP contribution >= 0.6 is 0 Å². The molecule has 3 fully saturated rings. The molecule has 150 valence electrons. The molecule has 1 N–H and O–H groups in total. The fraction of sp³-hybridized carbons (Fsp3) is 0.308. The highest BCUT2D eigenvalue weighted by molar-refractivity contribution is 5.60. The van der Waals surface area contributed by atoms with Crippen molar-refractivity contribution in [3.63, 3.8) is 0 Å². The Morgan fingerprint density at radius 2 is 1.83 bits per heavy atom. The van der Waals surface area contributed by atoms with E-state index in [9.17, 15) is 5.11 Å². The molecule has 0 radical (unpaired) electrons. The second-order valence-corrected chi connectivity index (χ2v) is 8.33. The minimum atomic E-state index is -1.07. The van der Waals surface area contributed by atoms with Crippen LogP contribution in [0.3, 0.4) is 0 Å². The first-order valence-corrected chi connectivity index (χ1v) is 10.6. The molecule has 4 nitrogen and oxygen atoms in total. The minimum Gasteiger partial charge on any atom is -0.382 e. The van der Waals surface area contributed by atoms with Crippen molar-refractivity contribution in [1.29, 1.82) is 0 Å². The second-order valence-electron chi connectivity index (χ2n) is 8.33. The van der Waals surface area contributed by atoms with E-state index in [2.05, 4.69) is 34.0 Å². The standard InChI is InChI=1S/C26H25N3O/c1-2-25-26(30,22-10-14-29(25)15-11-22)23-18-28-24(20-8-12-27-13-9-20)17-21(23)16-19-6-4-3-5-7-19/h1,3-9,12-13,17-18,22,25,30H,10-11,14-16H2. The van der Waals surface area contributed by atoms with Crippen molar-refractivity contribution in [3.05, 3.63) is 83.8 Å². The fourth-order valence-corrected chi connectivity index (χ4v) is 5.20. The summed E-state index contributed by atoms with van der Waals surface area (Å²) < 4.78 is 0. The number of rotatable bonds is 4. The monoisotopic (exact) mass is 395 g/mol. The molecule has 3 aliphatic heterocycles. The van der Waals surface area contributed by atoms with Crippen molar-refractivity contribution < 1.29 is 5.11 Å². The Morgan fingerprint density at radius 3 is 2.53 bits per heavy atom. The highest BCUT2D eigenvalue weighted by atomic mass is 16.3. The Balaban J connectivity index is 1.65. The number of benzene rings is 1. The Bertz CT molecular complexity index is 1070. The quantitative estimate of drug-likeness (QED) is 0.685. The first kappa shape index (κ1) is 19.0. The van der Waals surface area contributed by atoms with Crippen molar-refractivity contribution in [3.8, 4) is 23.6 Å². The lowest BCUT2D eigenvalue weighted by atomic mass is 9.66. The van der Waals surface area contributed by atoms with Gasteiger partial charge >= 0.3 is 0 Å². The Morgan fingerprint density at radius 1 is 1.10 bits per heavy atom. The maximum absolute atomic E-state index is 12.1. The van der Waals surface area contributed by atoms with E-state index in [1.807, 2.05) is 36.5 Å². The zero-order valence-corrected chi connectivity index (χ0v) is 16.9. The van der Waals surface area contributed by atoms with E-state index in [1.54, 1.807) is 12.4 Å². The molecule has 0 saturated carbocycles. The molecule has 30 heavy (non-hydrogen) atoms. The fourth-order valence-electron chi connectivity index (χ4n) is 5.20. The summed E-state index contributed by atoms with van der Waals surface area (Å²) in [5.41, 5.74) is 3.99. The summed E-state index contributed by atoms with van der Waals surface area (Å²) in [6, 6.07) is 16.1. The normalized spacial score (nSPS) is 27.5. The van der Waals surface area contributed by atoms with E-state index < -0.39 is 5.60 Å². The van der Waals surface area contributed by atoms with Gasteiger partial charge in [-0.3, -0.25) is 14.9 Å². The lowest BCUT2D eigenvalue weighted by Crippen LogP contribution is -2.63. The van der Waals surface area contributed by atoms with E-state index >= 15 is 0 Å². The first-order valence-electron chi connectivity index (χ1n) is 10.6. The van der Waals surface area contributed by atoms with E-state index in [4.69, 9.17) is 11.4 Å². The van der Waals surface area contributed by atoms with E-state index in [1.165, 1.54) is 5.56 Å². The summed E-state index contributed by atoms with van der Waals surface area (Å²) in [5.74, 6) is 3.06. The van der Waals surface area contributed by atoms with Crippen molar-refractivity contribution in [2.24, 2.45) is 5.92 Å². The Kier molecular flexibility index (Phi) is 4.86. The van der Waals surface area contributed by atoms with E-state index in [0.717, 1.165) is 54.7 Å². The average molecular weight is 396 g/mol. The number of aliphatic hydroxyl groups is 1. The van der Waals surface area contributed by atoms with Crippen molar-refractivity contribution in [1.82, 2.24) is 14.9 Å². The molecule has 2 bridgehead atoms. The van der Waals surface area contributed by atoms with Gasteiger partial charge in [0.1, 0.15) is 11.6 Å². The van der Waals surface area contributed by atoms with Crippen molar-refractivity contribution >= 4 is 0 Å². The number of pyridine rings is 2. The lowest BCUT2D eigenvalue weighted by molar-refractivity contribution is -0.143. The van der Waals surface area contributed by atoms with Gasteiger partial charge < -0.3 is 5.11 Å². The summed E-state index contributed by atoms with van der Waals surface area (Å²) in [5, 5.41) is 12.1. The third kappa shape index (κ3) is 3.11. The highest BCUT2D eigenvalue weighted by Gasteiger charge is 2.54. The van der Waals surface area contributed by atoms with Crippen LogP contribution in [0.4, 0.5) is 0 Å². The van der Waals surface area contributed by atoms with Gasteiger partial charge in [-0.25, -0.2) is 0 Å². The summed E-state index contributed by atoms with van der Waals surface area (Å²) >= 11 is 0. The number of hydrogen-bond acceptors (Lipinski definition) is 4. The van der Waals surface area contributed by atoms with Gasteiger partial charge in [-0.15, -0.1) is 6.42 Å². The largest absolute Gasteiger partial charge is 0.382 e. The molecule has 6 rings (SSSR count). The summed E-state index contributed by atoms with van der Waals surface area (Å²) in [7, 11) is 0. The number of terminal acetylenes is 1. The van der Waals surface area contributed by atoms with Gasteiger partial charge in [0, 0.05) is 29.7 Å². The predicted octanol–water partition coefficient (Wildman–Crippen LogP) is 3.65. The summed E-state index contributed by atoms with van der Waals surface area (Å²) in [6.07, 6.45) is 14.0. The molecule has 1 aromatic carbocycles. The molecule has 2 atom stereocenters. The zero-order chi connectivity index (χ0) is 20.6. The maximum Gasteiger partial charge on any atom is 0.121 e. The molecular formula is C26H25N3O. The predicted molar refractivity (Wildman–Crippen MR) is 118 cm³/mol. The van der Waals surface area contributed by atoms with E-state index in [-0.39, 0.29) is 12.0 Å². The zero-order valence-electron chi connectivity index (χ0n) is 16.9. The molecule has 4 heteroatoms. The van der Waals surface area contributed by atoms with Gasteiger partial charge in [-0.05, 0) is 67.6 Å². The Labute approximate surface area is 177 Å². The van der Waals surface area contributed by atoms with Crippen molar-refractivity contribution in [2.45, 2.75) is 30.9 Å². The molecule has 3 aliphatic rings. The number of aromatic nitrogens is 2. The van der Waals surface area contributed by atoms with Gasteiger partial charge in [0.05, 0.1) is 5.69 Å². The van der Waals surface area contributed by atoms with Gasteiger partial charge in [-0.2, -0.15) is 0 Å². The van der Waals surface area contributed by atoms with Crippen LogP contribution in [0.25, 0.3) is 11.3 Å². The van der Waals surface area contributed by atoms with Crippen LogP contribution in [0.2, 0.25) is 0 Å². The number of nitrogens with zero attached hydrogens (tertiary/aromatic N) is 3. The third-order valence-corrected chi connectivity index (χ3v) is 6.73. The topological polar surface area (TPSA) is 49.2 Å². The lowest BCUT2D eigenvalue weighted by Gasteiger charge is -2.54. The SMILES string of the molecule is C#CC1N2CCC(CC2)C1(O)c1cnc(-c2ccncc2)cc1Cc1ccccc1. The molecule has 2 aromatic heterocycles. The van der Waals surface area contributed by atoms with E-state index in [0.29, 0.717) is 0 Å². The number of fused-ring (bicyclic) bond motifs is 3. The molecule has 0 aliphatic carbocycles. The number of hydrogen-bond donors (Lipinski definition) is 1. The van der Waals surface area contributed by atoms with Gasteiger partial charge in [0.25, 0.3) is 0 Å². The minimum absolute atomic E-state index is 0.159. The van der Waals surface area contributed by atoms with Crippen LogP contribution in [0.5, 0.6) is 0 Å². The van der Waals surface area contributed by atoms with Gasteiger partial charge in [-0.1, -0.05) is 36.3 Å². The Hall–Kier alpha value is -3.00. The van der Waals surface area contributed by atoms with Crippen LogP contribution in [0, 0.1) is 18.3 Å². The second kappa shape index (κ2) is 7.68. The smallest absolute Gasteiger partial charge is 0.121 e.